The van der Waals surface area contributed by atoms with Gasteiger partial charge >= 0.3 is 5.97 Å². The van der Waals surface area contributed by atoms with Crippen molar-refractivity contribution in [2.24, 2.45) is 5.92 Å². The van der Waals surface area contributed by atoms with Crippen molar-refractivity contribution in [1.82, 2.24) is 4.98 Å². The van der Waals surface area contributed by atoms with Crippen molar-refractivity contribution in [3.8, 4) is 0 Å². The lowest BCUT2D eigenvalue weighted by Crippen LogP contribution is -2.21. The first-order valence-electron chi connectivity index (χ1n) is 6.59. The van der Waals surface area contributed by atoms with Gasteiger partial charge in [-0.25, -0.2) is 4.39 Å². The summed E-state index contributed by atoms with van der Waals surface area (Å²) in [5.74, 6) is -0.984. The molecule has 3 nitrogen and oxygen atoms in total. The zero-order valence-corrected chi connectivity index (χ0v) is 11.8. The number of pyridine rings is 1. The summed E-state index contributed by atoms with van der Waals surface area (Å²) in [5, 5.41) is 0.0717. The summed E-state index contributed by atoms with van der Waals surface area (Å²) in [6.45, 7) is 3.98. The number of hydrogen-bond donors (Lipinski definition) is 0. The lowest BCUT2D eigenvalue weighted by atomic mass is 9.94. The van der Waals surface area contributed by atoms with E-state index in [-0.39, 0.29) is 16.9 Å². The number of esters is 1. The van der Waals surface area contributed by atoms with Gasteiger partial charge in [0.15, 0.2) is 5.82 Å². The standard InChI is InChI=1S/C14H17ClFNO2/c1-3-9-12(15)10(16)7-17-13(9)11(8-5-6-8)14(18)19-4-2/h7-8,11H,3-6H2,1-2H3. The highest BCUT2D eigenvalue weighted by Gasteiger charge is 2.40. The molecule has 0 spiro atoms. The van der Waals surface area contributed by atoms with Crippen molar-refractivity contribution in [1.29, 1.82) is 0 Å². The van der Waals surface area contributed by atoms with Crippen molar-refractivity contribution in [2.75, 3.05) is 6.61 Å². The largest absolute Gasteiger partial charge is 0.465 e. The Morgan fingerprint density at radius 1 is 1.58 bits per heavy atom. The summed E-state index contributed by atoms with van der Waals surface area (Å²) in [5.41, 5.74) is 1.20. The van der Waals surface area contributed by atoms with Crippen LogP contribution in [0.2, 0.25) is 5.02 Å². The van der Waals surface area contributed by atoms with Crippen LogP contribution >= 0.6 is 11.6 Å². The third-order valence-electron chi connectivity index (χ3n) is 3.38. The second-order valence-corrected chi connectivity index (χ2v) is 5.08. The topological polar surface area (TPSA) is 39.2 Å². The maximum atomic E-state index is 13.5. The Balaban J connectivity index is 2.42. The normalized spacial score (nSPS) is 16.2. The summed E-state index contributed by atoms with van der Waals surface area (Å²) in [4.78, 5) is 16.2. The minimum Gasteiger partial charge on any atom is -0.465 e. The highest BCUT2D eigenvalue weighted by atomic mass is 35.5. The van der Waals surface area contributed by atoms with Gasteiger partial charge in [0.1, 0.15) is 5.92 Å². The molecule has 1 saturated carbocycles. The average Bonchev–Trinajstić information content (AvgIpc) is 3.19. The molecule has 1 unspecified atom stereocenters. The van der Waals surface area contributed by atoms with Crippen LogP contribution in [0.1, 0.15) is 43.9 Å². The van der Waals surface area contributed by atoms with Crippen LogP contribution in [0.25, 0.3) is 0 Å². The van der Waals surface area contributed by atoms with E-state index < -0.39 is 11.7 Å². The van der Waals surface area contributed by atoms with Gasteiger partial charge in [0.05, 0.1) is 23.5 Å². The Morgan fingerprint density at radius 2 is 2.26 bits per heavy atom. The third-order valence-corrected chi connectivity index (χ3v) is 3.79. The van der Waals surface area contributed by atoms with Crippen LogP contribution in [0.5, 0.6) is 0 Å². The molecule has 0 saturated heterocycles. The van der Waals surface area contributed by atoms with Crippen LogP contribution in [0.3, 0.4) is 0 Å². The smallest absolute Gasteiger partial charge is 0.315 e. The molecule has 104 valence electrons. The fourth-order valence-electron chi connectivity index (χ4n) is 2.31. The van der Waals surface area contributed by atoms with E-state index in [1.165, 1.54) is 0 Å². The van der Waals surface area contributed by atoms with Gasteiger partial charge in [-0.1, -0.05) is 18.5 Å². The second-order valence-electron chi connectivity index (χ2n) is 4.70. The second kappa shape index (κ2) is 5.87. The maximum absolute atomic E-state index is 13.5. The van der Waals surface area contributed by atoms with Crippen LogP contribution in [0.4, 0.5) is 4.39 Å². The minimum absolute atomic E-state index is 0.0717. The van der Waals surface area contributed by atoms with Gasteiger partial charge in [-0.3, -0.25) is 9.78 Å². The Morgan fingerprint density at radius 3 is 2.79 bits per heavy atom. The third kappa shape index (κ3) is 2.89. The van der Waals surface area contributed by atoms with E-state index in [9.17, 15) is 9.18 Å². The minimum atomic E-state index is -0.541. The Kier molecular flexibility index (Phi) is 4.40. The molecule has 2 rings (SSSR count). The molecule has 1 heterocycles. The molecule has 1 aromatic heterocycles. The summed E-state index contributed by atoms with van der Waals surface area (Å²) < 4.78 is 18.6. The predicted octanol–water partition coefficient (Wildman–Crippen LogP) is 3.49. The molecule has 0 amide bonds. The molecule has 0 aromatic carbocycles. The molecule has 0 radical (unpaired) electrons. The van der Waals surface area contributed by atoms with E-state index in [0.29, 0.717) is 24.3 Å². The predicted molar refractivity (Wildman–Crippen MR) is 70.7 cm³/mol. The maximum Gasteiger partial charge on any atom is 0.315 e. The highest BCUT2D eigenvalue weighted by molar-refractivity contribution is 6.31. The number of halogens is 2. The Bertz CT molecular complexity index is 489. The van der Waals surface area contributed by atoms with E-state index in [1.54, 1.807) is 6.92 Å². The Hall–Kier alpha value is -1.16. The van der Waals surface area contributed by atoms with Gasteiger partial charge in [0, 0.05) is 0 Å². The van der Waals surface area contributed by atoms with Crippen molar-refractivity contribution in [3.05, 3.63) is 28.3 Å². The van der Waals surface area contributed by atoms with E-state index in [0.717, 1.165) is 19.0 Å². The molecule has 1 fully saturated rings. The molecule has 1 aromatic rings. The number of aromatic nitrogens is 1. The molecular weight excluding hydrogens is 269 g/mol. The van der Waals surface area contributed by atoms with Gasteiger partial charge in [0.2, 0.25) is 0 Å². The molecule has 0 bridgehead atoms. The molecule has 5 heteroatoms. The number of carbonyl (C=O) groups excluding carboxylic acids is 1. The van der Waals surface area contributed by atoms with Gasteiger partial charge < -0.3 is 4.74 Å². The quantitative estimate of drug-likeness (QED) is 0.777. The van der Waals surface area contributed by atoms with Crippen molar-refractivity contribution in [2.45, 2.75) is 39.0 Å². The Labute approximate surface area is 117 Å². The van der Waals surface area contributed by atoms with Gasteiger partial charge in [-0.15, -0.1) is 0 Å². The molecule has 19 heavy (non-hydrogen) atoms. The van der Waals surface area contributed by atoms with Crippen molar-refractivity contribution >= 4 is 17.6 Å². The fourth-order valence-corrected chi connectivity index (χ4v) is 2.59. The first-order valence-corrected chi connectivity index (χ1v) is 6.97. The zero-order valence-electron chi connectivity index (χ0n) is 11.1. The number of nitrogens with zero attached hydrogens (tertiary/aromatic N) is 1. The molecular formula is C14H17ClFNO2. The van der Waals surface area contributed by atoms with Gasteiger partial charge in [-0.05, 0) is 37.7 Å². The van der Waals surface area contributed by atoms with Crippen molar-refractivity contribution < 1.29 is 13.9 Å². The van der Waals surface area contributed by atoms with E-state index in [4.69, 9.17) is 16.3 Å². The number of ether oxygens (including phenoxy) is 1. The molecule has 1 aliphatic carbocycles. The number of rotatable bonds is 5. The average molecular weight is 286 g/mol. The molecule has 1 atom stereocenters. The van der Waals surface area contributed by atoms with Crippen LogP contribution in [0, 0.1) is 11.7 Å². The summed E-state index contributed by atoms with van der Waals surface area (Å²) in [6.07, 6.45) is 3.58. The summed E-state index contributed by atoms with van der Waals surface area (Å²) >= 11 is 5.98. The van der Waals surface area contributed by atoms with Crippen molar-refractivity contribution in [3.63, 3.8) is 0 Å². The van der Waals surface area contributed by atoms with Crippen LogP contribution in [-0.2, 0) is 16.0 Å². The monoisotopic (exact) mass is 285 g/mol. The molecule has 0 aliphatic heterocycles. The first kappa shape index (κ1) is 14.3. The molecule has 0 N–H and O–H groups in total. The first-order chi connectivity index (χ1) is 9.10. The number of hydrogen-bond acceptors (Lipinski definition) is 3. The van der Waals surface area contributed by atoms with Gasteiger partial charge in [0.25, 0.3) is 0 Å². The highest BCUT2D eigenvalue weighted by Crippen LogP contribution is 2.44. The van der Waals surface area contributed by atoms with Crippen LogP contribution in [-0.4, -0.2) is 17.6 Å². The summed E-state index contributed by atoms with van der Waals surface area (Å²) in [6, 6.07) is 0. The summed E-state index contributed by atoms with van der Waals surface area (Å²) in [7, 11) is 0. The lowest BCUT2D eigenvalue weighted by Gasteiger charge is -2.18. The van der Waals surface area contributed by atoms with E-state index in [2.05, 4.69) is 4.98 Å². The van der Waals surface area contributed by atoms with Crippen LogP contribution in [0.15, 0.2) is 6.20 Å². The van der Waals surface area contributed by atoms with E-state index in [1.807, 2.05) is 6.92 Å². The molecule has 1 aliphatic rings. The fraction of sp³-hybridized carbons (Fsp3) is 0.571. The SMILES string of the molecule is CCOC(=O)C(c1ncc(F)c(Cl)c1CC)C1CC1. The van der Waals surface area contributed by atoms with E-state index >= 15 is 0 Å². The van der Waals surface area contributed by atoms with Crippen LogP contribution < -0.4 is 0 Å². The lowest BCUT2D eigenvalue weighted by molar-refractivity contribution is -0.145. The zero-order chi connectivity index (χ0) is 14.0. The number of carbonyl (C=O) groups is 1. The van der Waals surface area contributed by atoms with Gasteiger partial charge in [-0.2, -0.15) is 0 Å².